The van der Waals surface area contributed by atoms with Crippen molar-refractivity contribution in [3.63, 3.8) is 0 Å². The molecule has 0 spiro atoms. The SMILES string of the molecule is CCCC1=CC(=O)C=C([Si](C)(C)C(C)(C)C)C1=O. The molecule has 0 amide bonds. The molecule has 0 saturated heterocycles. The van der Waals surface area contributed by atoms with Crippen LogP contribution >= 0.6 is 0 Å². The summed E-state index contributed by atoms with van der Waals surface area (Å²) in [6.45, 7) is 12.9. The second kappa shape index (κ2) is 4.96. The molecule has 0 radical (unpaired) electrons. The molecule has 100 valence electrons. The lowest BCUT2D eigenvalue weighted by molar-refractivity contribution is -0.115. The molecule has 0 aromatic carbocycles. The van der Waals surface area contributed by atoms with E-state index in [-0.39, 0.29) is 16.6 Å². The molecule has 1 rings (SSSR count). The molecule has 0 saturated carbocycles. The first-order chi connectivity index (χ1) is 8.11. The summed E-state index contributed by atoms with van der Waals surface area (Å²) in [5, 5.41) is 0.870. The maximum atomic E-state index is 12.5. The molecule has 0 fully saturated rings. The number of ketones is 2. The fourth-order valence-corrected chi connectivity index (χ4v) is 4.02. The number of allylic oxidation sites excluding steroid dienone is 4. The van der Waals surface area contributed by atoms with E-state index >= 15 is 0 Å². The van der Waals surface area contributed by atoms with Crippen molar-refractivity contribution in [1.29, 1.82) is 0 Å². The maximum absolute atomic E-state index is 12.5. The van der Waals surface area contributed by atoms with Crippen molar-refractivity contribution in [3.8, 4) is 0 Å². The summed E-state index contributed by atoms with van der Waals surface area (Å²) >= 11 is 0. The summed E-state index contributed by atoms with van der Waals surface area (Å²) in [4.78, 5) is 24.3. The molecule has 0 aliphatic heterocycles. The van der Waals surface area contributed by atoms with Gasteiger partial charge in [0.05, 0.1) is 8.07 Å². The average molecular weight is 264 g/mol. The first-order valence-corrected chi connectivity index (χ1v) is 9.62. The molecule has 1 aliphatic carbocycles. The summed E-state index contributed by atoms with van der Waals surface area (Å²) < 4.78 is 0. The summed E-state index contributed by atoms with van der Waals surface area (Å²) in [6, 6.07) is 0. The first kappa shape index (κ1) is 15.1. The van der Waals surface area contributed by atoms with Crippen LogP contribution in [0.25, 0.3) is 0 Å². The zero-order valence-corrected chi connectivity index (χ0v) is 13.4. The molecule has 0 heterocycles. The van der Waals surface area contributed by atoms with Crippen molar-refractivity contribution in [3.05, 3.63) is 22.9 Å². The smallest absolute Gasteiger partial charge is 0.181 e. The molecule has 1 aliphatic rings. The first-order valence-electron chi connectivity index (χ1n) is 6.62. The molecule has 0 aromatic rings. The minimum absolute atomic E-state index is 0.0159. The number of hydrogen-bond acceptors (Lipinski definition) is 2. The predicted octanol–water partition coefficient (Wildman–Crippen LogP) is 3.84. The highest BCUT2D eigenvalue weighted by Gasteiger charge is 2.43. The van der Waals surface area contributed by atoms with Crippen molar-refractivity contribution >= 4 is 19.6 Å². The van der Waals surface area contributed by atoms with Crippen LogP contribution in [0.5, 0.6) is 0 Å². The quantitative estimate of drug-likeness (QED) is 0.573. The zero-order chi connectivity index (χ0) is 14.1. The van der Waals surface area contributed by atoms with E-state index in [4.69, 9.17) is 0 Å². The van der Waals surface area contributed by atoms with Gasteiger partial charge in [0.2, 0.25) is 0 Å². The highest BCUT2D eigenvalue weighted by molar-refractivity contribution is 6.91. The van der Waals surface area contributed by atoms with E-state index in [0.29, 0.717) is 12.0 Å². The molecule has 0 N–H and O–H groups in total. The number of carbonyl (C=O) groups excluding carboxylic acids is 2. The zero-order valence-electron chi connectivity index (χ0n) is 12.4. The van der Waals surface area contributed by atoms with E-state index in [1.54, 1.807) is 6.08 Å². The molecular formula is C15H24O2Si. The van der Waals surface area contributed by atoms with Gasteiger partial charge in [-0.2, -0.15) is 0 Å². The molecule has 0 bridgehead atoms. The average Bonchev–Trinajstić information content (AvgIpc) is 2.21. The van der Waals surface area contributed by atoms with Gasteiger partial charge in [0.1, 0.15) is 0 Å². The highest BCUT2D eigenvalue weighted by atomic mass is 28.3. The Kier molecular flexibility index (Phi) is 4.16. The van der Waals surface area contributed by atoms with Gasteiger partial charge in [0.25, 0.3) is 0 Å². The van der Waals surface area contributed by atoms with E-state index in [9.17, 15) is 9.59 Å². The molecule has 0 aromatic heterocycles. The van der Waals surface area contributed by atoms with E-state index in [1.807, 2.05) is 6.92 Å². The molecule has 18 heavy (non-hydrogen) atoms. The second-order valence-corrected chi connectivity index (χ2v) is 11.9. The van der Waals surface area contributed by atoms with Crippen LogP contribution in [0.3, 0.4) is 0 Å². The predicted molar refractivity (Wildman–Crippen MR) is 78.3 cm³/mol. The van der Waals surface area contributed by atoms with Crippen LogP contribution in [0.4, 0.5) is 0 Å². The van der Waals surface area contributed by atoms with Crippen molar-refractivity contribution in [2.24, 2.45) is 0 Å². The minimum Gasteiger partial charge on any atom is -0.290 e. The van der Waals surface area contributed by atoms with Crippen molar-refractivity contribution < 1.29 is 9.59 Å². The lowest BCUT2D eigenvalue weighted by Crippen LogP contribution is -2.44. The van der Waals surface area contributed by atoms with Crippen molar-refractivity contribution in [2.75, 3.05) is 0 Å². The Morgan fingerprint density at radius 2 is 1.67 bits per heavy atom. The normalized spacial score (nSPS) is 17.7. The van der Waals surface area contributed by atoms with E-state index in [2.05, 4.69) is 33.9 Å². The van der Waals surface area contributed by atoms with Crippen molar-refractivity contribution in [1.82, 2.24) is 0 Å². The van der Waals surface area contributed by atoms with Crippen LogP contribution in [0.1, 0.15) is 40.5 Å². The number of carbonyl (C=O) groups is 2. The third kappa shape index (κ3) is 2.71. The third-order valence-electron chi connectivity index (χ3n) is 4.21. The molecule has 2 nitrogen and oxygen atoms in total. The Bertz CT molecular complexity index is 434. The summed E-state index contributed by atoms with van der Waals surface area (Å²) in [7, 11) is -1.93. The fraction of sp³-hybridized carbons (Fsp3) is 0.600. The monoisotopic (exact) mass is 264 g/mol. The van der Waals surface area contributed by atoms with Crippen molar-refractivity contribution in [2.45, 2.75) is 58.7 Å². The third-order valence-corrected chi connectivity index (χ3v) is 9.68. The maximum Gasteiger partial charge on any atom is 0.181 e. The van der Waals surface area contributed by atoms with Crippen LogP contribution in [0, 0.1) is 0 Å². The minimum atomic E-state index is -1.93. The van der Waals surface area contributed by atoms with Gasteiger partial charge in [-0.1, -0.05) is 47.2 Å². The van der Waals surface area contributed by atoms with Gasteiger partial charge in [-0.05, 0) is 28.8 Å². The van der Waals surface area contributed by atoms with Gasteiger partial charge in [0.15, 0.2) is 11.6 Å². The summed E-state index contributed by atoms with van der Waals surface area (Å²) in [5.74, 6) is 0.0981. The van der Waals surface area contributed by atoms with Gasteiger partial charge in [-0.3, -0.25) is 9.59 Å². The number of hydrogen-bond donors (Lipinski definition) is 0. The van der Waals surface area contributed by atoms with Crippen LogP contribution < -0.4 is 0 Å². The Morgan fingerprint density at radius 3 is 2.11 bits per heavy atom. The van der Waals surface area contributed by atoms with Gasteiger partial charge in [0, 0.05) is 5.57 Å². The molecular weight excluding hydrogens is 240 g/mol. The van der Waals surface area contributed by atoms with Crippen LogP contribution in [0.2, 0.25) is 18.1 Å². The highest BCUT2D eigenvalue weighted by Crippen LogP contribution is 2.42. The van der Waals surface area contributed by atoms with Gasteiger partial charge in [-0.25, -0.2) is 0 Å². The van der Waals surface area contributed by atoms with E-state index in [1.165, 1.54) is 6.08 Å². The largest absolute Gasteiger partial charge is 0.290 e. The fourth-order valence-electron chi connectivity index (χ4n) is 1.98. The van der Waals surface area contributed by atoms with E-state index < -0.39 is 8.07 Å². The van der Waals surface area contributed by atoms with Crippen LogP contribution in [0.15, 0.2) is 22.9 Å². The standard InChI is InChI=1S/C15H24O2Si/c1-7-8-11-9-12(16)10-13(14(11)17)18(5,6)15(2,3)4/h9-10H,7-8H2,1-6H3. The number of rotatable bonds is 3. The van der Waals surface area contributed by atoms with Crippen LogP contribution in [-0.4, -0.2) is 19.6 Å². The Balaban J connectivity index is 3.19. The van der Waals surface area contributed by atoms with Gasteiger partial charge in [-0.15, -0.1) is 0 Å². The Morgan fingerprint density at radius 1 is 1.11 bits per heavy atom. The lowest BCUT2D eigenvalue weighted by atomic mass is 9.99. The van der Waals surface area contributed by atoms with Gasteiger partial charge >= 0.3 is 0 Å². The molecule has 0 unspecified atom stereocenters. The molecule has 0 atom stereocenters. The summed E-state index contributed by atoms with van der Waals surface area (Å²) in [6.07, 6.45) is 4.70. The Hall–Kier alpha value is -0.963. The molecule has 3 heteroatoms. The van der Waals surface area contributed by atoms with Gasteiger partial charge < -0.3 is 0 Å². The number of Topliss-reactive ketones (excluding diaryl/α,β-unsaturated/α-hetero) is 1. The summed E-state index contributed by atoms with van der Waals surface area (Å²) in [5.41, 5.74) is 0.699. The second-order valence-electron chi connectivity index (χ2n) is 6.58. The van der Waals surface area contributed by atoms with E-state index in [0.717, 1.165) is 11.6 Å². The van der Waals surface area contributed by atoms with Crippen LogP contribution in [-0.2, 0) is 9.59 Å². The lowest BCUT2D eigenvalue weighted by Gasteiger charge is -2.39. The topological polar surface area (TPSA) is 34.1 Å². The Labute approximate surface area is 111 Å².